The molecule has 1 aromatic carbocycles. The van der Waals surface area contributed by atoms with Gasteiger partial charge in [0.2, 0.25) is 5.78 Å². The molecule has 4 rings (SSSR count). The summed E-state index contributed by atoms with van der Waals surface area (Å²) >= 11 is 0. The van der Waals surface area contributed by atoms with Crippen LogP contribution in [0.2, 0.25) is 0 Å². The third-order valence-corrected chi connectivity index (χ3v) is 3.75. The Morgan fingerprint density at radius 3 is 2.74 bits per heavy atom. The van der Waals surface area contributed by atoms with Crippen molar-refractivity contribution in [2.45, 2.75) is 18.9 Å². The fraction of sp³-hybridized carbons (Fsp3) is 0.294. The topological polar surface area (TPSA) is 51.5 Å². The maximum atomic E-state index is 12.1. The monoisotopic (exact) mass is 312 g/mol. The maximum absolute atomic E-state index is 12.1. The smallest absolute Gasteiger partial charge is 0.236 e. The SMILES string of the molecule is FCCOc1ccc(-c2cn3ccc(NC4CC4)nc3n2)cc1. The van der Waals surface area contributed by atoms with Gasteiger partial charge in [-0.25, -0.2) is 9.37 Å². The summed E-state index contributed by atoms with van der Waals surface area (Å²) in [7, 11) is 0. The Morgan fingerprint density at radius 2 is 2.00 bits per heavy atom. The number of alkyl halides is 1. The van der Waals surface area contributed by atoms with E-state index in [0.717, 1.165) is 17.1 Å². The second-order valence-electron chi connectivity index (χ2n) is 5.63. The zero-order valence-electron chi connectivity index (χ0n) is 12.6. The lowest BCUT2D eigenvalue weighted by Crippen LogP contribution is -2.03. The Labute approximate surface area is 133 Å². The largest absolute Gasteiger partial charge is 0.491 e. The van der Waals surface area contributed by atoms with E-state index >= 15 is 0 Å². The van der Waals surface area contributed by atoms with Gasteiger partial charge in [-0.2, -0.15) is 4.98 Å². The summed E-state index contributed by atoms with van der Waals surface area (Å²) in [4.78, 5) is 9.11. The minimum Gasteiger partial charge on any atom is -0.491 e. The number of ether oxygens (including phenoxy) is 1. The number of hydrogen-bond donors (Lipinski definition) is 1. The fourth-order valence-corrected chi connectivity index (χ4v) is 2.41. The van der Waals surface area contributed by atoms with Crippen molar-refractivity contribution in [2.24, 2.45) is 0 Å². The number of nitrogens with one attached hydrogen (secondary N) is 1. The third kappa shape index (κ3) is 3.11. The highest BCUT2D eigenvalue weighted by atomic mass is 19.1. The van der Waals surface area contributed by atoms with Crippen molar-refractivity contribution >= 4 is 11.6 Å². The number of imidazole rings is 1. The number of halogens is 1. The lowest BCUT2D eigenvalue weighted by molar-refractivity contribution is 0.273. The van der Waals surface area contributed by atoms with Crippen LogP contribution in [0.5, 0.6) is 5.75 Å². The number of benzene rings is 1. The third-order valence-electron chi connectivity index (χ3n) is 3.75. The van der Waals surface area contributed by atoms with Crippen LogP contribution in [0.25, 0.3) is 17.0 Å². The number of rotatable bonds is 6. The van der Waals surface area contributed by atoms with Gasteiger partial charge < -0.3 is 10.1 Å². The van der Waals surface area contributed by atoms with E-state index in [1.54, 1.807) is 0 Å². The van der Waals surface area contributed by atoms with Crippen molar-refractivity contribution in [2.75, 3.05) is 18.6 Å². The summed E-state index contributed by atoms with van der Waals surface area (Å²) in [6, 6.07) is 10.0. The van der Waals surface area contributed by atoms with E-state index in [9.17, 15) is 4.39 Å². The molecular weight excluding hydrogens is 295 g/mol. The van der Waals surface area contributed by atoms with E-state index in [1.165, 1.54) is 12.8 Å². The summed E-state index contributed by atoms with van der Waals surface area (Å²) < 4.78 is 19.3. The Kier molecular flexibility index (Phi) is 3.57. The molecule has 118 valence electrons. The minimum absolute atomic E-state index is 0.0778. The van der Waals surface area contributed by atoms with Gasteiger partial charge in [0.25, 0.3) is 0 Å². The molecule has 0 atom stereocenters. The van der Waals surface area contributed by atoms with Gasteiger partial charge in [-0.3, -0.25) is 4.40 Å². The van der Waals surface area contributed by atoms with Crippen molar-refractivity contribution in [3.63, 3.8) is 0 Å². The molecule has 1 aliphatic carbocycles. The van der Waals surface area contributed by atoms with Crippen LogP contribution in [0.4, 0.5) is 10.2 Å². The first-order chi connectivity index (χ1) is 11.3. The molecule has 0 saturated heterocycles. The summed E-state index contributed by atoms with van der Waals surface area (Å²) in [5.41, 5.74) is 1.82. The molecule has 0 spiro atoms. The van der Waals surface area contributed by atoms with E-state index in [0.29, 0.717) is 17.6 Å². The van der Waals surface area contributed by atoms with Crippen LogP contribution < -0.4 is 10.1 Å². The second-order valence-corrected chi connectivity index (χ2v) is 5.63. The molecule has 1 fully saturated rings. The Hall–Kier alpha value is -2.63. The van der Waals surface area contributed by atoms with Gasteiger partial charge in [0.05, 0.1) is 5.69 Å². The van der Waals surface area contributed by atoms with Crippen LogP contribution in [0.3, 0.4) is 0 Å². The van der Waals surface area contributed by atoms with Gasteiger partial charge in [-0.1, -0.05) is 0 Å². The average molecular weight is 312 g/mol. The molecule has 1 N–H and O–H groups in total. The van der Waals surface area contributed by atoms with Crippen molar-refractivity contribution < 1.29 is 9.13 Å². The van der Waals surface area contributed by atoms with E-state index in [4.69, 9.17) is 4.74 Å². The van der Waals surface area contributed by atoms with Crippen molar-refractivity contribution in [3.8, 4) is 17.0 Å². The van der Waals surface area contributed by atoms with Crippen LogP contribution in [0.1, 0.15) is 12.8 Å². The number of hydrogen-bond acceptors (Lipinski definition) is 4. The van der Waals surface area contributed by atoms with Crippen molar-refractivity contribution in [1.29, 1.82) is 0 Å². The number of anilines is 1. The Balaban J connectivity index is 1.57. The zero-order chi connectivity index (χ0) is 15.6. The molecule has 0 unspecified atom stereocenters. The van der Waals surface area contributed by atoms with Crippen LogP contribution in [0.15, 0.2) is 42.7 Å². The van der Waals surface area contributed by atoms with Gasteiger partial charge in [0, 0.05) is 24.0 Å². The molecule has 3 aromatic rings. The molecule has 2 heterocycles. The quantitative estimate of drug-likeness (QED) is 0.758. The molecule has 23 heavy (non-hydrogen) atoms. The molecule has 0 radical (unpaired) electrons. The molecule has 0 amide bonds. The summed E-state index contributed by atoms with van der Waals surface area (Å²) in [6.07, 6.45) is 6.33. The van der Waals surface area contributed by atoms with Gasteiger partial charge in [-0.15, -0.1) is 0 Å². The van der Waals surface area contributed by atoms with Crippen LogP contribution in [-0.2, 0) is 0 Å². The molecule has 0 aliphatic heterocycles. The highest BCUT2D eigenvalue weighted by Crippen LogP contribution is 2.25. The zero-order valence-corrected chi connectivity index (χ0v) is 12.6. The Bertz CT molecular complexity index is 811. The fourth-order valence-electron chi connectivity index (χ4n) is 2.41. The van der Waals surface area contributed by atoms with Crippen molar-refractivity contribution in [3.05, 3.63) is 42.7 Å². The lowest BCUT2D eigenvalue weighted by Gasteiger charge is -2.03. The summed E-state index contributed by atoms with van der Waals surface area (Å²) in [5.74, 6) is 2.19. The first-order valence-electron chi connectivity index (χ1n) is 7.73. The Morgan fingerprint density at radius 1 is 1.17 bits per heavy atom. The van der Waals surface area contributed by atoms with E-state index in [-0.39, 0.29) is 6.61 Å². The van der Waals surface area contributed by atoms with E-state index in [1.807, 2.05) is 47.1 Å². The predicted molar refractivity (Wildman–Crippen MR) is 86.5 cm³/mol. The maximum Gasteiger partial charge on any atom is 0.236 e. The highest BCUT2D eigenvalue weighted by Gasteiger charge is 2.21. The molecule has 1 saturated carbocycles. The van der Waals surface area contributed by atoms with E-state index < -0.39 is 6.67 Å². The normalized spacial score (nSPS) is 14.1. The molecule has 1 aliphatic rings. The average Bonchev–Trinajstić information content (AvgIpc) is 3.29. The molecule has 5 nitrogen and oxygen atoms in total. The standard InChI is InChI=1S/C17H17FN4O/c18-8-10-23-14-5-1-12(2-6-14)15-11-22-9-7-16(19-13-3-4-13)21-17(22)20-15/h1-2,5-7,9,11,13H,3-4,8,10H2,(H,19,20,21). The van der Waals surface area contributed by atoms with Crippen LogP contribution in [-0.4, -0.2) is 33.7 Å². The number of aromatic nitrogens is 3. The minimum atomic E-state index is -0.489. The molecular formula is C17H17FN4O. The van der Waals surface area contributed by atoms with Crippen molar-refractivity contribution in [1.82, 2.24) is 14.4 Å². The van der Waals surface area contributed by atoms with Crippen LogP contribution in [0, 0.1) is 0 Å². The molecule has 2 aromatic heterocycles. The lowest BCUT2D eigenvalue weighted by atomic mass is 10.2. The van der Waals surface area contributed by atoms with E-state index in [2.05, 4.69) is 15.3 Å². The predicted octanol–water partition coefficient (Wildman–Crippen LogP) is 3.32. The summed E-state index contributed by atoms with van der Waals surface area (Å²) in [6.45, 7) is -0.411. The first kappa shape index (κ1) is 14.0. The first-order valence-corrected chi connectivity index (χ1v) is 7.73. The van der Waals surface area contributed by atoms with Gasteiger partial charge in [0.1, 0.15) is 24.8 Å². The second kappa shape index (κ2) is 5.87. The van der Waals surface area contributed by atoms with Gasteiger partial charge in [-0.05, 0) is 43.2 Å². The molecule has 6 heteroatoms. The number of nitrogens with zero attached hydrogens (tertiary/aromatic N) is 3. The van der Waals surface area contributed by atoms with Gasteiger partial charge in [0.15, 0.2) is 0 Å². The van der Waals surface area contributed by atoms with Gasteiger partial charge >= 0.3 is 0 Å². The number of fused-ring (bicyclic) bond motifs is 1. The highest BCUT2D eigenvalue weighted by molar-refractivity contribution is 5.62. The summed E-state index contributed by atoms with van der Waals surface area (Å²) in [5, 5.41) is 3.37. The van der Waals surface area contributed by atoms with Crippen LogP contribution >= 0.6 is 0 Å². The molecule has 0 bridgehead atoms.